The second kappa shape index (κ2) is 13.5. The standard InChI is InChI=1S/C29H39N3O7/c1-16(2)14-22-29(38)39-18(4)24(32-27(36)20-12-8-9-13-23(20)33)28(37)30-21(15-19-10-6-5-7-11-19)25(34)17(3)26(35)31-22/h5-13,16-18,21-22,24-25,29,33-34,38H,14-15H2,1-4H3,(H,30,37)(H,31,35)(H,32,36). The summed E-state index contributed by atoms with van der Waals surface area (Å²) >= 11 is 0. The van der Waals surface area contributed by atoms with Gasteiger partial charge < -0.3 is 36.0 Å². The number of ether oxygens (including phenoxy) is 1. The first-order valence-electron chi connectivity index (χ1n) is 13.2. The lowest BCUT2D eigenvalue weighted by Gasteiger charge is -2.36. The van der Waals surface area contributed by atoms with Crippen molar-refractivity contribution in [2.75, 3.05) is 0 Å². The molecule has 7 unspecified atom stereocenters. The molecule has 0 aromatic heterocycles. The molecule has 0 aliphatic carbocycles. The third-order valence-corrected chi connectivity index (χ3v) is 6.90. The molecule has 6 N–H and O–H groups in total. The molecular weight excluding hydrogens is 502 g/mol. The molecule has 3 rings (SSSR count). The summed E-state index contributed by atoms with van der Waals surface area (Å²) in [5.74, 6) is -2.99. The molecule has 0 saturated carbocycles. The molecule has 212 valence electrons. The van der Waals surface area contributed by atoms with Crippen LogP contribution in [-0.4, -0.2) is 69.7 Å². The van der Waals surface area contributed by atoms with Crippen LogP contribution in [-0.2, 0) is 20.7 Å². The number of hydrogen-bond acceptors (Lipinski definition) is 7. The normalized spacial score (nSPS) is 28.5. The molecule has 2 aromatic rings. The Kier molecular flexibility index (Phi) is 10.4. The lowest BCUT2D eigenvalue weighted by atomic mass is 9.91. The van der Waals surface area contributed by atoms with Gasteiger partial charge in [0.15, 0.2) is 6.29 Å². The zero-order valence-electron chi connectivity index (χ0n) is 22.7. The lowest BCUT2D eigenvalue weighted by Crippen LogP contribution is -2.61. The van der Waals surface area contributed by atoms with Crippen LogP contribution in [0.4, 0.5) is 0 Å². The summed E-state index contributed by atoms with van der Waals surface area (Å²) in [6.07, 6.45) is -3.23. The van der Waals surface area contributed by atoms with E-state index in [2.05, 4.69) is 16.0 Å². The number of aromatic hydroxyl groups is 1. The lowest BCUT2D eigenvalue weighted by molar-refractivity contribution is -0.168. The van der Waals surface area contributed by atoms with E-state index in [9.17, 15) is 29.7 Å². The van der Waals surface area contributed by atoms with E-state index in [0.29, 0.717) is 6.42 Å². The predicted molar refractivity (Wildman–Crippen MR) is 145 cm³/mol. The van der Waals surface area contributed by atoms with Crippen LogP contribution in [0.3, 0.4) is 0 Å². The molecule has 10 nitrogen and oxygen atoms in total. The van der Waals surface area contributed by atoms with Gasteiger partial charge in [0.05, 0.1) is 35.8 Å². The summed E-state index contributed by atoms with van der Waals surface area (Å²) in [4.78, 5) is 39.8. The highest BCUT2D eigenvalue weighted by atomic mass is 16.6. The van der Waals surface area contributed by atoms with E-state index in [4.69, 9.17) is 4.74 Å². The van der Waals surface area contributed by atoms with E-state index < -0.39 is 60.3 Å². The quantitative estimate of drug-likeness (QED) is 0.323. The van der Waals surface area contributed by atoms with E-state index >= 15 is 0 Å². The van der Waals surface area contributed by atoms with Crippen molar-refractivity contribution < 1.29 is 34.4 Å². The van der Waals surface area contributed by atoms with Crippen LogP contribution in [0.25, 0.3) is 0 Å². The molecule has 0 radical (unpaired) electrons. The highest BCUT2D eigenvalue weighted by molar-refractivity contribution is 5.99. The van der Waals surface area contributed by atoms with Gasteiger partial charge in [0.1, 0.15) is 11.8 Å². The SMILES string of the molecule is CC(C)CC1NC(=O)C(C)C(O)C(Cc2ccccc2)NC(=O)C(NC(=O)c2ccccc2O)C(C)OC1O. The monoisotopic (exact) mass is 541 g/mol. The van der Waals surface area contributed by atoms with Gasteiger partial charge in [-0.05, 0) is 43.4 Å². The Hall–Kier alpha value is -3.47. The molecule has 7 atom stereocenters. The van der Waals surface area contributed by atoms with E-state index in [1.54, 1.807) is 19.1 Å². The van der Waals surface area contributed by atoms with E-state index in [-0.39, 0.29) is 23.7 Å². The number of aliphatic hydroxyl groups excluding tert-OH is 2. The molecule has 10 heteroatoms. The number of phenolic OH excluding ortho intramolecular Hbond substituents is 1. The molecule has 0 spiro atoms. The molecule has 2 aromatic carbocycles. The number of benzene rings is 2. The van der Waals surface area contributed by atoms with Gasteiger partial charge in [-0.15, -0.1) is 0 Å². The van der Waals surface area contributed by atoms with Crippen LogP contribution in [0.15, 0.2) is 54.6 Å². The number of carbonyl (C=O) groups is 3. The van der Waals surface area contributed by atoms with Crippen LogP contribution in [0.5, 0.6) is 5.75 Å². The van der Waals surface area contributed by atoms with Gasteiger partial charge >= 0.3 is 0 Å². The zero-order chi connectivity index (χ0) is 28.7. The Bertz CT molecular complexity index is 1130. The van der Waals surface area contributed by atoms with Crippen molar-refractivity contribution in [3.8, 4) is 5.75 Å². The highest BCUT2D eigenvalue weighted by Gasteiger charge is 2.38. The van der Waals surface area contributed by atoms with Gasteiger partial charge in [0.2, 0.25) is 11.8 Å². The van der Waals surface area contributed by atoms with Crippen molar-refractivity contribution in [3.05, 3.63) is 65.7 Å². The zero-order valence-corrected chi connectivity index (χ0v) is 22.7. The first-order valence-corrected chi connectivity index (χ1v) is 13.2. The first kappa shape index (κ1) is 30.1. The molecule has 1 aliphatic rings. The van der Waals surface area contributed by atoms with Gasteiger partial charge in [-0.25, -0.2) is 0 Å². The average Bonchev–Trinajstić information content (AvgIpc) is 2.89. The van der Waals surface area contributed by atoms with Crippen molar-refractivity contribution in [2.45, 2.75) is 77.2 Å². The predicted octanol–water partition coefficient (Wildman–Crippen LogP) is 1.48. The summed E-state index contributed by atoms with van der Waals surface area (Å²) in [5, 5.41) is 40.5. The van der Waals surface area contributed by atoms with Crippen molar-refractivity contribution in [1.29, 1.82) is 0 Å². The fraction of sp³-hybridized carbons (Fsp3) is 0.483. The second-order valence-electron chi connectivity index (χ2n) is 10.5. The Balaban J connectivity index is 1.98. The molecular formula is C29H39N3O7. The fourth-order valence-electron chi connectivity index (χ4n) is 4.64. The molecule has 1 saturated heterocycles. The summed E-state index contributed by atoms with van der Waals surface area (Å²) < 4.78 is 5.79. The number of phenols is 1. The maximum atomic E-state index is 13.6. The van der Waals surface area contributed by atoms with E-state index in [0.717, 1.165) is 5.56 Å². The van der Waals surface area contributed by atoms with Gasteiger partial charge in [-0.3, -0.25) is 14.4 Å². The van der Waals surface area contributed by atoms with Gasteiger partial charge in [0, 0.05) is 0 Å². The number of amides is 3. The molecule has 1 fully saturated rings. The smallest absolute Gasteiger partial charge is 0.255 e. The molecule has 1 aliphatic heterocycles. The average molecular weight is 542 g/mol. The van der Waals surface area contributed by atoms with Crippen LogP contribution < -0.4 is 16.0 Å². The third-order valence-electron chi connectivity index (χ3n) is 6.90. The number of hydrogen-bond donors (Lipinski definition) is 6. The molecule has 39 heavy (non-hydrogen) atoms. The van der Waals surface area contributed by atoms with Crippen LogP contribution in [0.1, 0.15) is 50.0 Å². The molecule has 3 amide bonds. The van der Waals surface area contributed by atoms with Crippen molar-refractivity contribution >= 4 is 17.7 Å². The number of nitrogens with one attached hydrogen (secondary N) is 3. The Morgan fingerprint density at radius 2 is 1.56 bits per heavy atom. The summed E-state index contributed by atoms with van der Waals surface area (Å²) in [7, 11) is 0. The van der Waals surface area contributed by atoms with Crippen LogP contribution in [0.2, 0.25) is 0 Å². The molecule has 0 bridgehead atoms. The Morgan fingerprint density at radius 1 is 0.949 bits per heavy atom. The topological polar surface area (TPSA) is 157 Å². The fourth-order valence-corrected chi connectivity index (χ4v) is 4.64. The third kappa shape index (κ3) is 8.01. The summed E-state index contributed by atoms with van der Waals surface area (Å²) in [5.41, 5.74) is 0.789. The van der Waals surface area contributed by atoms with Gasteiger partial charge in [-0.1, -0.05) is 63.2 Å². The summed E-state index contributed by atoms with van der Waals surface area (Å²) in [6.45, 7) is 6.92. The van der Waals surface area contributed by atoms with Crippen LogP contribution >= 0.6 is 0 Å². The number of rotatable bonds is 6. The van der Waals surface area contributed by atoms with Crippen molar-refractivity contribution in [3.63, 3.8) is 0 Å². The number of carbonyl (C=O) groups excluding carboxylic acids is 3. The Labute approximate surface area is 228 Å². The van der Waals surface area contributed by atoms with Gasteiger partial charge in [0.25, 0.3) is 5.91 Å². The first-order chi connectivity index (χ1) is 18.5. The largest absolute Gasteiger partial charge is 0.507 e. The van der Waals surface area contributed by atoms with Crippen molar-refractivity contribution in [1.82, 2.24) is 16.0 Å². The minimum atomic E-state index is -1.49. The molecule has 1 heterocycles. The van der Waals surface area contributed by atoms with Crippen molar-refractivity contribution in [2.24, 2.45) is 11.8 Å². The minimum Gasteiger partial charge on any atom is -0.507 e. The number of para-hydroxylation sites is 1. The maximum absolute atomic E-state index is 13.6. The van der Waals surface area contributed by atoms with E-state index in [1.807, 2.05) is 44.2 Å². The second-order valence-corrected chi connectivity index (χ2v) is 10.5. The Morgan fingerprint density at radius 3 is 2.21 bits per heavy atom. The van der Waals surface area contributed by atoms with Crippen LogP contribution in [0, 0.1) is 11.8 Å². The maximum Gasteiger partial charge on any atom is 0.255 e. The number of aliphatic hydroxyl groups is 2. The summed E-state index contributed by atoms with van der Waals surface area (Å²) in [6, 6.07) is 12.1. The van der Waals surface area contributed by atoms with E-state index in [1.165, 1.54) is 19.1 Å². The minimum absolute atomic E-state index is 0.0383. The highest BCUT2D eigenvalue weighted by Crippen LogP contribution is 2.20. The van der Waals surface area contributed by atoms with Gasteiger partial charge in [-0.2, -0.15) is 0 Å².